The Morgan fingerprint density at radius 1 is 1.56 bits per heavy atom. The van der Waals surface area contributed by atoms with E-state index in [0.29, 0.717) is 5.70 Å². The molecule has 0 saturated carbocycles. The quantitative estimate of drug-likeness (QED) is 0.651. The van der Waals surface area contributed by atoms with Crippen LogP contribution in [0.25, 0.3) is 0 Å². The van der Waals surface area contributed by atoms with Crippen molar-refractivity contribution in [3.8, 4) is 5.75 Å². The molecular formula is C12H13ClFN3O. The Morgan fingerprint density at radius 2 is 2.22 bits per heavy atom. The molecule has 1 aromatic heterocycles. The van der Waals surface area contributed by atoms with Crippen LogP contribution in [0.3, 0.4) is 0 Å². The van der Waals surface area contributed by atoms with Crippen molar-refractivity contribution in [1.29, 1.82) is 0 Å². The SMILES string of the molecule is C=C(F)/C(=C\C=C(/C)N)Oc1ccnc(N)c1Cl. The lowest BCUT2D eigenvalue weighted by Gasteiger charge is -2.09. The molecule has 0 saturated heterocycles. The molecule has 1 aromatic rings. The zero-order valence-electron chi connectivity index (χ0n) is 9.78. The molecule has 96 valence electrons. The minimum atomic E-state index is -0.751. The van der Waals surface area contributed by atoms with Crippen LogP contribution < -0.4 is 16.2 Å². The molecule has 0 unspecified atom stereocenters. The molecule has 0 radical (unpaired) electrons. The Kier molecular flexibility index (Phi) is 4.74. The van der Waals surface area contributed by atoms with E-state index in [1.165, 1.54) is 24.4 Å². The van der Waals surface area contributed by atoms with Gasteiger partial charge in [0, 0.05) is 18.0 Å². The first-order valence-electron chi connectivity index (χ1n) is 4.98. The summed E-state index contributed by atoms with van der Waals surface area (Å²) < 4.78 is 18.5. The molecule has 18 heavy (non-hydrogen) atoms. The zero-order valence-corrected chi connectivity index (χ0v) is 10.5. The third-order valence-corrected chi connectivity index (χ3v) is 2.25. The summed E-state index contributed by atoms with van der Waals surface area (Å²) in [6, 6.07) is 1.47. The number of ether oxygens (including phenoxy) is 1. The molecule has 1 heterocycles. The lowest BCUT2D eigenvalue weighted by Crippen LogP contribution is -1.99. The summed E-state index contributed by atoms with van der Waals surface area (Å²) in [5.74, 6) is -0.563. The van der Waals surface area contributed by atoms with Crippen LogP contribution in [-0.4, -0.2) is 4.98 Å². The van der Waals surface area contributed by atoms with E-state index in [1.54, 1.807) is 6.92 Å². The lowest BCUT2D eigenvalue weighted by atomic mass is 10.3. The van der Waals surface area contributed by atoms with Crippen molar-refractivity contribution in [2.24, 2.45) is 5.73 Å². The molecule has 0 aliphatic carbocycles. The summed E-state index contributed by atoms with van der Waals surface area (Å²) in [5, 5.41) is 0.109. The van der Waals surface area contributed by atoms with E-state index in [0.717, 1.165) is 0 Å². The van der Waals surface area contributed by atoms with Crippen LogP contribution in [0.2, 0.25) is 5.02 Å². The van der Waals surface area contributed by atoms with Crippen molar-refractivity contribution < 1.29 is 9.13 Å². The molecule has 6 heteroatoms. The summed E-state index contributed by atoms with van der Waals surface area (Å²) in [4.78, 5) is 3.76. The molecule has 0 aromatic carbocycles. The number of nitrogens with two attached hydrogens (primary N) is 2. The molecule has 0 spiro atoms. The van der Waals surface area contributed by atoms with Gasteiger partial charge in [0.1, 0.15) is 10.8 Å². The van der Waals surface area contributed by atoms with E-state index in [2.05, 4.69) is 11.6 Å². The second kappa shape index (κ2) is 6.07. The van der Waals surface area contributed by atoms with E-state index in [4.69, 9.17) is 27.8 Å². The van der Waals surface area contributed by atoms with Gasteiger partial charge in [0.2, 0.25) is 0 Å². The minimum Gasteiger partial charge on any atom is -0.453 e. The van der Waals surface area contributed by atoms with Crippen molar-refractivity contribution in [2.75, 3.05) is 5.73 Å². The third kappa shape index (κ3) is 3.78. The van der Waals surface area contributed by atoms with E-state index in [1.807, 2.05) is 0 Å². The molecular weight excluding hydrogens is 257 g/mol. The number of hydrogen-bond donors (Lipinski definition) is 2. The number of hydrogen-bond acceptors (Lipinski definition) is 4. The standard InChI is InChI=1S/C12H13ClFN3O/c1-7(15)3-4-9(8(2)14)18-10-5-6-17-12(16)11(10)13/h3-6H,2,15H2,1H3,(H2,16,17)/b7-3+,9-4+. The summed E-state index contributed by atoms with van der Waals surface area (Å²) in [6.07, 6.45) is 4.24. The highest BCUT2D eigenvalue weighted by Gasteiger charge is 2.10. The maximum Gasteiger partial charge on any atom is 0.162 e. The van der Waals surface area contributed by atoms with E-state index in [9.17, 15) is 4.39 Å². The highest BCUT2D eigenvalue weighted by molar-refractivity contribution is 6.34. The molecule has 0 bridgehead atoms. The summed E-state index contributed by atoms with van der Waals surface area (Å²) in [7, 11) is 0. The first-order chi connectivity index (χ1) is 8.41. The van der Waals surface area contributed by atoms with Crippen LogP contribution in [0.1, 0.15) is 6.92 Å². The monoisotopic (exact) mass is 269 g/mol. The number of nitrogen functional groups attached to an aromatic ring is 1. The first-order valence-corrected chi connectivity index (χ1v) is 5.36. The number of pyridine rings is 1. The van der Waals surface area contributed by atoms with E-state index in [-0.39, 0.29) is 22.3 Å². The van der Waals surface area contributed by atoms with Gasteiger partial charge in [0.15, 0.2) is 17.3 Å². The van der Waals surface area contributed by atoms with Gasteiger partial charge in [0.25, 0.3) is 0 Å². The van der Waals surface area contributed by atoms with Gasteiger partial charge in [-0.05, 0) is 19.1 Å². The first kappa shape index (κ1) is 14.1. The second-order valence-corrected chi connectivity index (χ2v) is 3.83. The van der Waals surface area contributed by atoms with Crippen LogP contribution in [0, 0.1) is 0 Å². The summed E-state index contributed by atoms with van der Waals surface area (Å²) in [6.45, 7) is 4.82. The maximum atomic E-state index is 13.2. The third-order valence-electron chi connectivity index (χ3n) is 1.87. The number of rotatable bonds is 4. The molecule has 1 rings (SSSR count). The average Bonchev–Trinajstić information content (AvgIpc) is 2.29. The van der Waals surface area contributed by atoms with Gasteiger partial charge in [-0.1, -0.05) is 18.2 Å². The van der Waals surface area contributed by atoms with Crippen LogP contribution >= 0.6 is 11.6 Å². The number of allylic oxidation sites excluding steroid dienone is 4. The highest BCUT2D eigenvalue weighted by atomic mass is 35.5. The fourth-order valence-corrected chi connectivity index (χ4v) is 1.18. The van der Waals surface area contributed by atoms with Gasteiger partial charge in [-0.25, -0.2) is 9.37 Å². The van der Waals surface area contributed by atoms with E-state index >= 15 is 0 Å². The Hall–Kier alpha value is -2.01. The average molecular weight is 270 g/mol. The van der Waals surface area contributed by atoms with Crippen LogP contribution in [0.4, 0.5) is 10.2 Å². The van der Waals surface area contributed by atoms with E-state index < -0.39 is 5.83 Å². The number of nitrogens with zero attached hydrogens (tertiary/aromatic N) is 1. The maximum absolute atomic E-state index is 13.2. The zero-order chi connectivity index (χ0) is 13.7. The normalized spacial score (nSPS) is 12.4. The summed E-state index contributed by atoms with van der Waals surface area (Å²) >= 11 is 5.87. The number of halogens is 2. The van der Waals surface area contributed by atoms with Crippen LogP contribution in [-0.2, 0) is 0 Å². The van der Waals surface area contributed by atoms with Crippen LogP contribution in [0.15, 0.2) is 48.3 Å². The Labute approximate surface area is 109 Å². The largest absolute Gasteiger partial charge is 0.453 e. The number of aromatic nitrogens is 1. The second-order valence-electron chi connectivity index (χ2n) is 3.46. The molecule has 4 nitrogen and oxygen atoms in total. The smallest absolute Gasteiger partial charge is 0.162 e. The van der Waals surface area contributed by atoms with Gasteiger partial charge in [0.05, 0.1) is 0 Å². The van der Waals surface area contributed by atoms with Gasteiger partial charge in [-0.15, -0.1) is 0 Å². The molecule has 0 aliphatic rings. The Balaban J connectivity index is 3.05. The predicted octanol–water partition coefficient (Wildman–Crippen LogP) is 2.93. The molecule has 0 fully saturated rings. The van der Waals surface area contributed by atoms with Gasteiger partial charge in [-0.2, -0.15) is 0 Å². The molecule has 0 atom stereocenters. The fraction of sp³-hybridized carbons (Fsp3) is 0.0833. The lowest BCUT2D eigenvalue weighted by molar-refractivity contribution is 0.404. The van der Waals surface area contributed by atoms with Gasteiger partial charge >= 0.3 is 0 Å². The topological polar surface area (TPSA) is 74.2 Å². The number of anilines is 1. The van der Waals surface area contributed by atoms with Gasteiger partial charge < -0.3 is 16.2 Å². The fourth-order valence-electron chi connectivity index (χ4n) is 1.03. The van der Waals surface area contributed by atoms with Gasteiger partial charge in [-0.3, -0.25) is 0 Å². The van der Waals surface area contributed by atoms with Crippen molar-refractivity contribution in [1.82, 2.24) is 4.98 Å². The summed E-state index contributed by atoms with van der Waals surface area (Å²) in [5.41, 5.74) is 11.4. The van der Waals surface area contributed by atoms with Crippen molar-refractivity contribution in [3.05, 3.63) is 53.3 Å². The predicted molar refractivity (Wildman–Crippen MR) is 70.6 cm³/mol. The van der Waals surface area contributed by atoms with Crippen LogP contribution in [0.5, 0.6) is 5.75 Å². The van der Waals surface area contributed by atoms with Crippen molar-refractivity contribution in [2.45, 2.75) is 6.92 Å². The minimum absolute atomic E-state index is 0.100. The Morgan fingerprint density at radius 3 is 2.78 bits per heavy atom. The van der Waals surface area contributed by atoms with Crippen molar-refractivity contribution in [3.63, 3.8) is 0 Å². The van der Waals surface area contributed by atoms with Crippen molar-refractivity contribution >= 4 is 17.4 Å². The molecule has 4 N–H and O–H groups in total. The Bertz CT molecular complexity index is 522. The molecule has 0 aliphatic heterocycles. The molecule has 0 amide bonds. The highest BCUT2D eigenvalue weighted by Crippen LogP contribution is 2.30.